The van der Waals surface area contributed by atoms with Crippen molar-refractivity contribution in [1.29, 1.82) is 0 Å². The van der Waals surface area contributed by atoms with Crippen LogP contribution in [-0.2, 0) is 44.8 Å². The van der Waals surface area contributed by atoms with Gasteiger partial charge in [0.15, 0.2) is 9.84 Å². The molecule has 0 aliphatic carbocycles. The maximum absolute atomic E-state index is 13.1. The smallest absolute Gasteiger partial charge is 0.295 e. The van der Waals surface area contributed by atoms with E-state index in [-0.39, 0.29) is 57.4 Å². The lowest BCUT2D eigenvalue weighted by atomic mass is 10.1. The molecule has 0 fully saturated rings. The minimum atomic E-state index is -5.04. The molecule has 0 saturated heterocycles. The van der Waals surface area contributed by atoms with Crippen LogP contribution in [0.2, 0.25) is 0 Å². The number of hydrogen-bond donors (Lipinski definition) is 5. The van der Waals surface area contributed by atoms with Crippen molar-refractivity contribution in [3.63, 3.8) is 0 Å². The molecule has 0 saturated carbocycles. The molecular formula is C33H32N4O16S4. The van der Waals surface area contributed by atoms with E-state index in [1.54, 1.807) is 0 Å². The second-order valence-corrected chi connectivity index (χ2v) is 18.2. The molecule has 0 atom stereocenters. The van der Waals surface area contributed by atoms with E-state index in [2.05, 4.69) is 15.4 Å². The predicted octanol–water partition coefficient (Wildman–Crippen LogP) is 3.10. The molecule has 0 aliphatic rings. The highest BCUT2D eigenvalue weighted by Crippen LogP contribution is 2.29. The quantitative estimate of drug-likeness (QED) is 0.0355. The lowest BCUT2D eigenvalue weighted by Crippen LogP contribution is -2.28. The molecular weight excluding hydrogens is 837 g/mol. The van der Waals surface area contributed by atoms with Crippen LogP contribution in [-0.4, -0.2) is 93.1 Å². The van der Waals surface area contributed by atoms with Crippen LogP contribution in [0.25, 0.3) is 12.2 Å². The number of carbonyl (C=O) groups is 2. The van der Waals surface area contributed by atoms with Crippen LogP contribution < -0.4 is 20.1 Å². The van der Waals surface area contributed by atoms with E-state index in [1.165, 1.54) is 38.5 Å². The van der Waals surface area contributed by atoms with Crippen LogP contribution >= 0.6 is 0 Å². The summed E-state index contributed by atoms with van der Waals surface area (Å²) in [6.45, 7) is -0.0237. The van der Waals surface area contributed by atoms with Crippen molar-refractivity contribution in [2.75, 3.05) is 44.3 Å². The number of sulfonamides is 1. The number of nitrogens with one attached hydrogen (secondary N) is 3. The molecule has 4 rings (SSSR count). The number of nitrogens with zero attached hydrogens (tertiary/aromatic N) is 1. The number of methoxy groups -OCH3 is 2. The Kier molecular flexibility index (Phi) is 13.4. The molecule has 0 heterocycles. The largest absolute Gasteiger partial charge is 0.495 e. The van der Waals surface area contributed by atoms with Crippen molar-refractivity contribution < 1.29 is 66.8 Å². The van der Waals surface area contributed by atoms with Gasteiger partial charge < -0.3 is 20.1 Å². The average molecular weight is 869 g/mol. The van der Waals surface area contributed by atoms with E-state index in [0.29, 0.717) is 6.07 Å². The first-order chi connectivity index (χ1) is 26.5. The number of ether oxygens (including phenoxy) is 2. The van der Waals surface area contributed by atoms with Crippen molar-refractivity contribution in [2.24, 2.45) is 0 Å². The number of benzene rings is 4. The number of anilines is 2. The summed E-state index contributed by atoms with van der Waals surface area (Å²) in [5.41, 5.74) is -2.30. The molecule has 24 heteroatoms. The summed E-state index contributed by atoms with van der Waals surface area (Å²) in [5, 5.41) is 16.1. The lowest BCUT2D eigenvalue weighted by molar-refractivity contribution is -0.387. The van der Waals surface area contributed by atoms with Gasteiger partial charge in [0.25, 0.3) is 37.7 Å². The second-order valence-electron chi connectivity index (χ2n) is 11.7. The Labute approximate surface area is 326 Å². The van der Waals surface area contributed by atoms with Gasteiger partial charge in [0, 0.05) is 48.5 Å². The maximum Gasteiger partial charge on any atom is 0.295 e. The van der Waals surface area contributed by atoms with Crippen LogP contribution in [0.3, 0.4) is 0 Å². The SMILES string of the molecule is COCCNS(=O)(=O)c1cc(C(=O)Nc2ccc(C=Cc3ccc(NC(=O)c4ccc(S(C)(=O)=O)c([N+](=O)[O-])c4)cc3S(=O)(=O)O)c(S(=O)(=O)O)c2)ccc1OC. The third kappa shape index (κ3) is 11.0. The molecule has 4 aromatic rings. The van der Waals surface area contributed by atoms with E-state index in [0.717, 1.165) is 60.9 Å². The van der Waals surface area contributed by atoms with Crippen molar-refractivity contribution >= 4 is 81.1 Å². The molecule has 0 radical (unpaired) electrons. The molecule has 0 bridgehead atoms. The molecule has 0 aliphatic heterocycles. The fraction of sp³-hybridized carbons (Fsp3) is 0.152. The second kappa shape index (κ2) is 17.3. The Bertz CT molecular complexity index is 2750. The zero-order valence-electron chi connectivity index (χ0n) is 29.7. The molecule has 0 unspecified atom stereocenters. The summed E-state index contributed by atoms with van der Waals surface area (Å²) in [7, 11) is -15.7. The summed E-state index contributed by atoms with van der Waals surface area (Å²) in [6, 6.07) is 12.4. The van der Waals surface area contributed by atoms with Crippen LogP contribution in [0.1, 0.15) is 31.8 Å². The first-order valence-corrected chi connectivity index (χ1v) is 21.9. The van der Waals surface area contributed by atoms with Crippen LogP contribution in [0, 0.1) is 10.1 Å². The predicted molar refractivity (Wildman–Crippen MR) is 204 cm³/mol. The number of nitro groups is 1. The number of carbonyl (C=O) groups excluding carboxylic acids is 2. The van der Waals surface area contributed by atoms with Crippen molar-refractivity contribution in [3.8, 4) is 5.75 Å². The molecule has 4 aromatic carbocycles. The Morgan fingerprint density at radius 2 is 1.19 bits per heavy atom. The number of nitro benzene ring substituents is 1. The average Bonchev–Trinajstić information content (AvgIpc) is 3.12. The normalized spacial score (nSPS) is 12.3. The number of rotatable bonds is 16. The van der Waals surface area contributed by atoms with E-state index >= 15 is 0 Å². The summed E-state index contributed by atoms with van der Waals surface area (Å²) in [6.07, 6.45) is 2.84. The monoisotopic (exact) mass is 868 g/mol. The molecule has 304 valence electrons. The zero-order chi connectivity index (χ0) is 42.5. The summed E-state index contributed by atoms with van der Waals surface area (Å²) in [5.74, 6) is -1.98. The molecule has 5 N–H and O–H groups in total. The Morgan fingerprint density at radius 1 is 0.702 bits per heavy atom. The van der Waals surface area contributed by atoms with Crippen molar-refractivity contribution in [1.82, 2.24) is 4.72 Å². The van der Waals surface area contributed by atoms with Gasteiger partial charge in [0.1, 0.15) is 25.3 Å². The maximum atomic E-state index is 13.1. The summed E-state index contributed by atoms with van der Waals surface area (Å²) >= 11 is 0. The van der Waals surface area contributed by atoms with Gasteiger partial charge in [0.05, 0.1) is 18.6 Å². The van der Waals surface area contributed by atoms with Gasteiger partial charge in [-0.25, -0.2) is 21.6 Å². The molecule has 0 aromatic heterocycles. The highest BCUT2D eigenvalue weighted by molar-refractivity contribution is 7.91. The standard InChI is InChI=1S/C33H32N4O16S4/c1-52-15-14-34-55(44,45)31-17-23(8-12-27(31)53-2)33(39)36-25-11-7-21(30(19-25)57(49,50)51)5-4-20-6-10-24(18-29(20)56(46,47)48)35-32(38)22-9-13-28(54(3,42)43)26(16-22)37(40)41/h4-13,16-19,34H,14-15H2,1-3H3,(H,35,38)(H,36,39)(H,46,47,48)(H,49,50,51). The highest BCUT2D eigenvalue weighted by Gasteiger charge is 2.25. The number of hydrogen-bond acceptors (Lipinski definition) is 14. The van der Waals surface area contributed by atoms with E-state index in [4.69, 9.17) is 9.47 Å². The van der Waals surface area contributed by atoms with Gasteiger partial charge in [0.2, 0.25) is 10.0 Å². The molecule has 20 nitrogen and oxygen atoms in total. The Morgan fingerprint density at radius 3 is 1.63 bits per heavy atom. The zero-order valence-corrected chi connectivity index (χ0v) is 33.0. The van der Waals surface area contributed by atoms with Gasteiger partial charge in [-0.05, 0) is 65.7 Å². The fourth-order valence-electron chi connectivity index (χ4n) is 5.03. The van der Waals surface area contributed by atoms with Crippen LogP contribution in [0.15, 0.2) is 92.4 Å². The van der Waals surface area contributed by atoms with Gasteiger partial charge >= 0.3 is 0 Å². The van der Waals surface area contributed by atoms with E-state index < -0.39 is 77.2 Å². The molecule has 2 amide bonds. The third-order valence-corrected chi connectivity index (χ3v) is 12.1. The lowest BCUT2D eigenvalue weighted by Gasteiger charge is -2.13. The molecule has 57 heavy (non-hydrogen) atoms. The summed E-state index contributed by atoms with van der Waals surface area (Å²) < 4.78 is 131. The first-order valence-electron chi connectivity index (χ1n) is 15.7. The van der Waals surface area contributed by atoms with Gasteiger partial charge in [-0.1, -0.05) is 24.3 Å². The van der Waals surface area contributed by atoms with E-state index in [9.17, 15) is 62.5 Å². The minimum Gasteiger partial charge on any atom is -0.495 e. The third-order valence-electron chi connectivity index (χ3n) is 7.67. The van der Waals surface area contributed by atoms with Crippen molar-refractivity contribution in [2.45, 2.75) is 19.6 Å². The Hall–Kier alpha value is -5.60. The summed E-state index contributed by atoms with van der Waals surface area (Å²) in [4.78, 5) is 33.9. The minimum absolute atomic E-state index is 0.0582. The van der Waals surface area contributed by atoms with E-state index in [1.807, 2.05) is 0 Å². The van der Waals surface area contributed by atoms with Gasteiger partial charge in [-0.3, -0.25) is 28.8 Å². The fourth-order valence-corrected chi connectivity index (χ4v) is 8.49. The Balaban J connectivity index is 1.63. The first kappa shape index (κ1) is 44.1. The number of amides is 2. The van der Waals surface area contributed by atoms with Gasteiger partial charge in [-0.2, -0.15) is 16.8 Å². The van der Waals surface area contributed by atoms with Crippen molar-refractivity contribution in [3.05, 3.63) is 105 Å². The van der Waals surface area contributed by atoms with Gasteiger partial charge in [-0.15, -0.1) is 0 Å². The molecule has 0 spiro atoms. The topological polar surface area (TPSA) is 309 Å². The number of sulfone groups is 1. The van der Waals surface area contributed by atoms with Crippen LogP contribution in [0.5, 0.6) is 5.75 Å². The highest BCUT2D eigenvalue weighted by atomic mass is 32.2. The van der Waals surface area contributed by atoms with Crippen LogP contribution in [0.4, 0.5) is 17.1 Å².